The molecule has 1 N–H and O–H groups in total. The van der Waals surface area contributed by atoms with Gasteiger partial charge in [0.05, 0.1) is 18.4 Å². The molecule has 0 saturated carbocycles. The first-order chi connectivity index (χ1) is 13.7. The molecule has 4 rings (SSSR count). The van der Waals surface area contributed by atoms with Crippen LogP contribution in [0.25, 0.3) is 5.65 Å². The van der Waals surface area contributed by atoms with Crippen LogP contribution in [0.4, 0.5) is 5.82 Å². The Labute approximate surface area is 163 Å². The van der Waals surface area contributed by atoms with Crippen molar-refractivity contribution in [1.29, 1.82) is 0 Å². The van der Waals surface area contributed by atoms with Gasteiger partial charge < -0.3 is 19.2 Å². The Hall–Kier alpha value is -2.93. The average Bonchev–Trinajstić information content (AvgIpc) is 3.16. The van der Waals surface area contributed by atoms with E-state index in [2.05, 4.69) is 10.3 Å². The highest BCUT2D eigenvalue weighted by molar-refractivity contribution is 6.05. The lowest BCUT2D eigenvalue weighted by Gasteiger charge is -2.19. The lowest BCUT2D eigenvalue weighted by Crippen LogP contribution is -2.15. The van der Waals surface area contributed by atoms with Crippen molar-refractivity contribution >= 4 is 17.4 Å². The zero-order valence-corrected chi connectivity index (χ0v) is 16.1. The van der Waals surface area contributed by atoms with Gasteiger partial charge in [0.15, 0.2) is 0 Å². The molecule has 0 atom stereocenters. The summed E-state index contributed by atoms with van der Waals surface area (Å²) >= 11 is 0. The summed E-state index contributed by atoms with van der Waals surface area (Å²) in [6.45, 7) is 3.55. The third kappa shape index (κ3) is 3.71. The lowest BCUT2D eigenvalue weighted by atomic mass is 9.97. The van der Waals surface area contributed by atoms with Crippen molar-refractivity contribution in [2.24, 2.45) is 0 Å². The van der Waals surface area contributed by atoms with Crippen LogP contribution >= 0.6 is 0 Å². The lowest BCUT2D eigenvalue weighted by molar-refractivity contribution is 0.0846. The number of aromatic nitrogens is 3. The molecule has 0 bridgehead atoms. The summed E-state index contributed by atoms with van der Waals surface area (Å²) in [4.78, 5) is 22.0. The quantitative estimate of drug-likeness (QED) is 0.734. The summed E-state index contributed by atoms with van der Waals surface area (Å²) < 4.78 is 12.8. The van der Waals surface area contributed by atoms with Crippen molar-refractivity contribution in [3.8, 4) is 5.75 Å². The van der Waals surface area contributed by atoms with Gasteiger partial charge >= 0.3 is 0 Å². The van der Waals surface area contributed by atoms with E-state index < -0.39 is 0 Å². The molecule has 146 valence electrons. The minimum Gasteiger partial charge on any atom is -0.496 e. The average molecular weight is 380 g/mol. The molecule has 1 aliphatic rings. The summed E-state index contributed by atoms with van der Waals surface area (Å²) in [5.74, 6) is 1.14. The predicted molar refractivity (Wildman–Crippen MR) is 106 cm³/mol. The van der Waals surface area contributed by atoms with Crippen LogP contribution in [0.5, 0.6) is 5.75 Å². The number of imidazole rings is 1. The van der Waals surface area contributed by atoms with Gasteiger partial charge in [-0.1, -0.05) is 13.0 Å². The van der Waals surface area contributed by atoms with E-state index >= 15 is 0 Å². The molecule has 0 aliphatic carbocycles. The van der Waals surface area contributed by atoms with Crippen LogP contribution in [0.1, 0.15) is 47.4 Å². The Morgan fingerprint density at radius 1 is 1.29 bits per heavy atom. The fourth-order valence-electron chi connectivity index (χ4n) is 3.49. The molecular weight excluding hydrogens is 356 g/mol. The van der Waals surface area contributed by atoms with Crippen molar-refractivity contribution in [2.45, 2.75) is 32.1 Å². The van der Waals surface area contributed by atoms with Crippen molar-refractivity contribution in [1.82, 2.24) is 14.4 Å². The van der Waals surface area contributed by atoms with Crippen LogP contribution in [0.2, 0.25) is 0 Å². The molecule has 1 saturated heterocycles. The van der Waals surface area contributed by atoms with Crippen molar-refractivity contribution in [3.63, 3.8) is 0 Å². The monoisotopic (exact) mass is 380 g/mol. The fourth-order valence-corrected chi connectivity index (χ4v) is 3.49. The molecule has 7 nitrogen and oxygen atoms in total. The topological polar surface area (TPSA) is 77.8 Å². The molecule has 0 aromatic carbocycles. The maximum atomic E-state index is 12.9. The summed E-state index contributed by atoms with van der Waals surface area (Å²) in [7, 11) is 1.56. The number of nitrogens with one attached hydrogen (secondary N) is 1. The number of nitrogens with zero attached hydrogens (tertiary/aromatic N) is 3. The molecule has 7 heteroatoms. The Balaban J connectivity index is 1.64. The van der Waals surface area contributed by atoms with E-state index in [1.807, 2.05) is 29.7 Å². The third-order valence-electron chi connectivity index (χ3n) is 5.09. The van der Waals surface area contributed by atoms with Gasteiger partial charge in [0.25, 0.3) is 5.91 Å². The number of carbonyl (C=O) groups excluding carboxylic acids is 1. The van der Waals surface area contributed by atoms with Crippen LogP contribution in [-0.2, 0) is 11.2 Å². The fraction of sp³-hybridized carbons (Fsp3) is 0.381. The number of aryl methyl sites for hydroxylation is 1. The molecule has 3 aromatic rings. The molecular formula is C21H24N4O3. The third-order valence-corrected chi connectivity index (χ3v) is 5.09. The number of hydrogen-bond acceptors (Lipinski definition) is 5. The molecule has 1 amide bonds. The maximum Gasteiger partial charge on any atom is 0.262 e. The predicted octanol–water partition coefficient (Wildman–Crippen LogP) is 3.45. The van der Waals surface area contributed by atoms with E-state index in [4.69, 9.17) is 14.5 Å². The van der Waals surface area contributed by atoms with E-state index in [0.717, 1.165) is 49.5 Å². The van der Waals surface area contributed by atoms with Gasteiger partial charge in [0, 0.05) is 43.3 Å². The minimum atomic E-state index is -0.263. The maximum absolute atomic E-state index is 12.9. The molecule has 28 heavy (non-hydrogen) atoms. The smallest absolute Gasteiger partial charge is 0.262 e. The van der Waals surface area contributed by atoms with Gasteiger partial charge in [-0.25, -0.2) is 9.97 Å². The number of methoxy groups -OCH3 is 1. The Morgan fingerprint density at radius 2 is 2.11 bits per heavy atom. The number of amides is 1. The van der Waals surface area contributed by atoms with Gasteiger partial charge in [-0.15, -0.1) is 0 Å². The SMILES string of the molecule is CCc1cccc(NC(=O)c2cn3cc(C4CCOCC4)nc3cc2OC)n1. The molecule has 1 fully saturated rings. The van der Waals surface area contributed by atoms with Gasteiger partial charge in [-0.2, -0.15) is 0 Å². The Kier molecular flexibility index (Phi) is 5.25. The highest BCUT2D eigenvalue weighted by Gasteiger charge is 2.21. The first-order valence-electron chi connectivity index (χ1n) is 9.59. The van der Waals surface area contributed by atoms with Crippen molar-refractivity contribution in [3.05, 3.63) is 53.6 Å². The number of anilines is 1. The van der Waals surface area contributed by atoms with Crippen molar-refractivity contribution < 1.29 is 14.3 Å². The van der Waals surface area contributed by atoms with Crippen LogP contribution in [0.15, 0.2) is 36.7 Å². The molecule has 3 aromatic heterocycles. The number of hydrogen-bond donors (Lipinski definition) is 1. The van der Waals surface area contributed by atoms with E-state index in [9.17, 15) is 4.79 Å². The first kappa shape index (κ1) is 18.4. The van der Waals surface area contributed by atoms with Gasteiger partial charge in [-0.3, -0.25) is 4.79 Å². The number of ether oxygens (including phenoxy) is 2. The van der Waals surface area contributed by atoms with E-state index in [1.165, 1.54) is 0 Å². The van der Waals surface area contributed by atoms with Crippen molar-refractivity contribution in [2.75, 3.05) is 25.6 Å². The van der Waals surface area contributed by atoms with Crippen LogP contribution in [0.3, 0.4) is 0 Å². The number of pyridine rings is 2. The van der Waals surface area contributed by atoms with Gasteiger partial charge in [0.2, 0.25) is 0 Å². The second-order valence-corrected chi connectivity index (χ2v) is 6.90. The summed E-state index contributed by atoms with van der Waals surface area (Å²) in [5.41, 5.74) is 3.16. The number of rotatable bonds is 5. The van der Waals surface area contributed by atoms with Crippen LogP contribution in [-0.4, -0.2) is 40.6 Å². The zero-order chi connectivity index (χ0) is 19.5. The molecule has 0 radical (unpaired) electrons. The van der Waals surface area contributed by atoms with E-state index in [0.29, 0.717) is 23.0 Å². The molecule has 0 spiro atoms. The second kappa shape index (κ2) is 7.98. The van der Waals surface area contributed by atoms with Crippen LogP contribution < -0.4 is 10.1 Å². The Bertz CT molecular complexity index is 992. The molecule has 0 unspecified atom stereocenters. The summed E-state index contributed by atoms with van der Waals surface area (Å²) in [6.07, 6.45) is 6.51. The highest BCUT2D eigenvalue weighted by Crippen LogP contribution is 2.28. The second-order valence-electron chi connectivity index (χ2n) is 6.90. The summed E-state index contributed by atoms with van der Waals surface area (Å²) in [5, 5.41) is 2.86. The van der Waals surface area contributed by atoms with E-state index in [-0.39, 0.29) is 5.91 Å². The first-order valence-corrected chi connectivity index (χ1v) is 9.59. The largest absolute Gasteiger partial charge is 0.496 e. The van der Waals surface area contributed by atoms with Crippen LogP contribution in [0, 0.1) is 0 Å². The van der Waals surface area contributed by atoms with Gasteiger partial charge in [0.1, 0.15) is 17.2 Å². The Morgan fingerprint density at radius 3 is 2.86 bits per heavy atom. The van der Waals surface area contributed by atoms with E-state index in [1.54, 1.807) is 25.4 Å². The number of carbonyl (C=O) groups is 1. The number of fused-ring (bicyclic) bond motifs is 1. The molecule has 1 aliphatic heterocycles. The minimum absolute atomic E-state index is 0.263. The molecule has 4 heterocycles. The zero-order valence-electron chi connectivity index (χ0n) is 16.1. The standard InChI is InChI=1S/C21H24N4O3/c1-3-15-5-4-6-19(22-15)24-21(26)16-12-25-13-17(14-7-9-28-10-8-14)23-20(25)11-18(16)27-2/h4-6,11-14H,3,7-10H2,1-2H3,(H,22,24,26). The normalized spacial score (nSPS) is 14.9. The summed E-state index contributed by atoms with van der Waals surface area (Å²) in [6, 6.07) is 7.40. The highest BCUT2D eigenvalue weighted by atomic mass is 16.5. The van der Waals surface area contributed by atoms with Gasteiger partial charge in [-0.05, 0) is 31.4 Å².